The maximum atomic E-state index is 12.1. The van der Waals surface area contributed by atoms with E-state index in [1.165, 1.54) is 6.07 Å². The maximum Gasteiger partial charge on any atom is 0.272 e. The Morgan fingerprint density at radius 2 is 1.86 bits per heavy atom. The van der Waals surface area contributed by atoms with Crippen LogP contribution in [0.3, 0.4) is 0 Å². The van der Waals surface area contributed by atoms with Crippen molar-refractivity contribution in [2.45, 2.75) is 13.3 Å². The first-order chi connectivity index (χ1) is 10.5. The van der Waals surface area contributed by atoms with Crippen molar-refractivity contribution in [2.24, 2.45) is 5.10 Å². The van der Waals surface area contributed by atoms with Gasteiger partial charge in [-0.05, 0) is 54.4 Å². The van der Waals surface area contributed by atoms with Gasteiger partial charge in [-0.25, -0.2) is 5.43 Å². The second-order valence-electron chi connectivity index (χ2n) is 4.52. The molecule has 0 saturated carbocycles. The number of amides is 1. The van der Waals surface area contributed by atoms with E-state index in [1.54, 1.807) is 36.4 Å². The van der Waals surface area contributed by atoms with Gasteiger partial charge in [-0.3, -0.25) is 4.79 Å². The Morgan fingerprint density at radius 1 is 1.18 bits per heavy atom. The molecule has 0 heterocycles. The van der Waals surface area contributed by atoms with Gasteiger partial charge in [-0.15, -0.1) is 0 Å². The lowest BCUT2D eigenvalue weighted by molar-refractivity contribution is 0.0955. The first-order valence-electron chi connectivity index (χ1n) is 6.62. The molecule has 22 heavy (non-hydrogen) atoms. The molecule has 114 valence electrons. The van der Waals surface area contributed by atoms with E-state index in [2.05, 4.69) is 10.5 Å². The molecule has 0 bridgehead atoms. The topological polar surface area (TPSA) is 61.7 Å². The molecular weight excluding hydrogens is 323 g/mol. The smallest absolute Gasteiger partial charge is 0.272 e. The molecule has 2 rings (SSSR count). The molecule has 0 saturated heterocycles. The summed E-state index contributed by atoms with van der Waals surface area (Å²) in [5.74, 6) is -0.234. The second kappa shape index (κ2) is 7.29. The van der Waals surface area contributed by atoms with Gasteiger partial charge in [-0.2, -0.15) is 5.10 Å². The molecule has 0 aliphatic rings. The van der Waals surface area contributed by atoms with Crippen LogP contribution >= 0.6 is 23.2 Å². The van der Waals surface area contributed by atoms with Crippen LogP contribution in [0.15, 0.2) is 47.6 Å². The van der Waals surface area contributed by atoms with Crippen molar-refractivity contribution in [3.05, 3.63) is 63.6 Å². The molecular formula is C16H14Cl2N2O2. The van der Waals surface area contributed by atoms with Crippen molar-refractivity contribution < 1.29 is 9.90 Å². The zero-order valence-corrected chi connectivity index (χ0v) is 13.3. The maximum absolute atomic E-state index is 12.1. The molecule has 0 unspecified atom stereocenters. The van der Waals surface area contributed by atoms with E-state index in [9.17, 15) is 9.90 Å². The number of benzene rings is 2. The fourth-order valence-electron chi connectivity index (χ4n) is 1.85. The molecule has 0 atom stereocenters. The number of phenolic OH excluding ortho intramolecular Hbond substituents is 1. The van der Waals surface area contributed by atoms with E-state index in [0.717, 1.165) is 5.56 Å². The highest BCUT2D eigenvalue weighted by Gasteiger charge is 2.10. The van der Waals surface area contributed by atoms with Gasteiger partial charge >= 0.3 is 0 Å². The average Bonchev–Trinajstić information content (AvgIpc) is 2.49. The van der Waals surface area contributed by atoms with E-state index < -0.39 is 5.91 Å². The Hall–Kier alpha value is -2.04. The van der Waals surface area contributed by atoms with Crippen LogP contribution in [0.2, 0.25) is 10.0 Å². The van der Waals surface area contributed by atoms with Crippen LogP contribution in [0.4, 0.5) is 0 Å². The Labute approximate surface area is 138 Å². The molecule has 2 N–H and O–H groups in total. The molecule has 2 aromatic carbocycles. The molecule has 0 aromatic heterocycles. The Kier molecular flexibility index (Phi) is 5.41. The van der Waals surface area contributed by atoms with E-state index >= 15 is 0 Å². The summed E-state index contributed by atoms with van der Waals surface area (Å²) in [6.07, 6.45) is 0.624. The van der Waals surface area contributed by atoms with Gasteiger partial charge in [0.05, 0.1) is 16.3 Å². The highest BCUT2D eigenvalue weighted by molar-refractivity contribution is 6.36. The lowest BCUT2D eigenvalue weighted by atomic mass is 10.1. The number of hydrogen-bond donors (Lipinski definition) is 2. The quantitative estimate of drug-likeness (QED) is 0.647. The summed E-state index contributed by atoms with van der Waals surface area (Å²) < 4.78 is 0. The van der Waals surface area contributed by atoms with Gasteiger partial charge in [0.15, 0.2) is 0 Å². The summed E-state index contributed by atoms with van der Waals surface area (Å²) in [5, 5.41) is 14.1. The minimum atomic E-state index is -0.411. The van der Waals surface area contributed by atoms with Gasteiger partial charge < -0.3 is 5.11 Å². The lowest BCUT2D eigenvalue weighted by Crippen LogP contribution is -2.20. The van der Waals surface area contributed by atoms with Crippen LogP contribution in [0.5, 0.6) is 5.75 Å². The Balaban J connectivity index is 2.17. The van der Waals surface area contributed by atoms with Crippen LogP contribution in [-0.4, -0.2) is 16.7 Å². The number of carbonyl (C=O) groups is 1. The third kappa shape index (κ3) is 4.00. The molecule has 6 heteroatoms. The average molecular weight is 337 g/mol. The molecule has 4 nitrogen and oxygen atoms in total. The van der Waals surface area contributed by atoms with Crippen LogP contribution in [0, 0.1) is 0 Å². The largest absolute Gasteiger partial charge is 0.508 e. The molecule has 1 amide bonds. The van der Waals surface area contributed by atoms with E-state index in [-0.39, 0.29) is 10.8 Å². The molecule has 0 aliphatic heterocycles. The summed E-state index contributed by atoms with van der Waals surface area (Å²) in [4.78, 5) is 12.1. The van der Waals surface area contributed by atoms with Crippen molar-refractivity contribution in [1.29, 1.82) is 0 Å². The first-order valence-corrected chi connectivity index (χ1v) is 7.38. The summed E-state index contributed by atoms with van der Waals surface area (Å²) in [6, 6.07) is 11.2. The van der Waals surface area contributed by atoms with Gasteiger partial charge in [0.2, 0.25) is 0 Å². The number of rotatable bonds is 4. The number of hydrogen-bond acceptors (Lipinski definition) is 3. The van der Waals surface area contributed by atoms with Crippen molar-refractivity contribution in [3.8, 4) is 5.75 Å². The molecule has 0 aliphatic carbocycles. The lowest BCUT2D eigenvalue weighted by Gasteiger charge is -2.07. The summed E-state index contributed by atoms with van der Waals surface area (Å²) in [7, 11) is 0. The van der Waals surface area contributed by atoms with Crippen LogP contribution in [-0.2, 0) is 0 Å². The van der Waals surface area contributed by atoms with Crippen molar-refractivity contribution >= 4 is 34.8 Å². The highest BCUT2D eigenvalue weighted by Crippen LogP contribution is 2.20. The predicted molar refractivity (Wildman–Crippen MR) is 88.9 cm³/mol. The first kappa shape index (κ1) is 16.3. The third-order valence-electron chi connectivity index (χ3n) is 3.00. The molecule has 0 fully saturated rings. The minimum Gasteiger partial charge on any atom is -0.508 e. The fourth-order valence-corrected chi connectivity index (χ4v) is 2.35. The Morgan fingerprint density at radius 3 is 2.45 bits per heavy atom. The van der Waals surface area contributed by atoms with Crippen LogP contribution < -0.4 is 5.43 Å². The third-order valence-corrected chi connectivity index (χ3v) is 3.55. The number of aromatic hydroxyl groups is 1. The molecule has 0 spiro atoms. The monoisotopic (exact) mass is 336 g/mol. The number of nitrogens with one attached hydrogen (secondary N) is 1. The van der Waals surface area contributed by atoms with E-state index in [1.807, 2.05) is 6.92 Å². The van der Waals surface area contributed by atoms with Crippen molar-refractivity contribution in [2.75, 3.05) is 0 Å². The number of nitrogens with zero attached hydrogens (tertiary/aromatic N) is 1. The summed E-state index contributed by atoms with van der Waals surface area (Å²) in [6.45, 7) is 1.92. The molecule has 0 radical (unpaired) electrons. The van der Waals surface area contributed by atoms with E-state index in [0.29, 0.717) is 22.7 Å². The van der Waals surface area contributed by atoms with Crippen molar-refractivity contribution in [1.82, 2.24) is 5.43 Å². The van der Waals surface area contributed by atoms with E-state index in [4.69, 9.17) is 23.2 Å². The normalized spacial score (nSPS) is 11.3. The van der Waals surface area contributed by atoms with Gasteiger partial charge in [-0.1, -0.05) is 30.1 Å². The highest BCUT2D eigenvalue weighted by atomic mass is 35.5. The standard InChI is InChI=1S/C16H14Cl2N2O2/c1-2-15(10-3-6-12(21)7-4-10)19-20-16(22)13-8-5-11(17)9-14(13)18/h3-9,21H,2H2,1H3,(H,20,22)/b19-15-. The Bertz CT molecular complexity index is 713. The van der Waals surface area contributed by atoms with Gasteiger partial charge in [0.1, 0.15) is 5.75 Å². The summed E-state index contributed by atoms with van der Waals surface area (Å²) in [5.41, 5.74) is 4.30. The van der Waals surface area contributed by atoms with Crippen LogP contribution in [0.1, 0.15) is 29.3 Å². The second-order valence-corrected chi connectivity index (χ2v) is 5.37. The predicted octanol–water partition coefficient (Wildman–Crippen LogP) is 4.24. The van der Waals surface area contributed by atoms with Gasteiger partial charge in [0, 0.05) is 5.02 Å². The SMILES string of the molecule is CC/C(=N/NC(=O)c1ccc(Cl)cc1Cl)c1ccc(O)cc1. The minimum absolute atomic E-state index is 0.177. The number of halogens is 2. The number of phenols is 1. The number of hydrazone groups is 1. The number of carbonyl (C=O) groups excluding carboxylic acids is 1. The summed E-state index contributed by atoms with van der Waals surface area (Å²) >= 11 is 11.8. The van der Waals surface area contributed by atoms with Gasteiger partial charge in [0.25, 0.3) is 5.91 Å². The molecule has 2 aromatic rings. The zero-order chi connectivity index (χ0) is 16.1. The zero-order valence-electron chi connectivity index (χ0n) is 11.8. The van der Waals surface area contributed by atoms with Crippen LogP contribution in [0.25, 0.3) is 0 Å². The van der Waals surface area contributed by atoms with Crippen molar-refractivity contribution in [3.63, 3.8) is 0 Å². The fraction of sp³-hybridized carbons (Fsp3) is 0.125.